The van der Waals surface area contributed by atoms with Gasteiger partial charge in [-0.1, -0.05) is 30.3 Å². The zero-order chi connectivity index (χ0) is 29.7. The van der Waals surface area contributed by atoms with Crippen LogP contribution in [0.4, 0.5) is 20.2 Å². The summed E-state index contributed by atoms with van der Waals surface area (Å²) >= 11 is 0. The van der Waals surface area contributed by atoms with Gasteiger partial charge in [-0.2, -0.15) is 13.8 Å². The summed E-state index contributed by atoms with van der Waals surface area (Å²) in [6.07, 6.45) is 0. The van der Waals surface area contributed by atoms with Crippen LogP contribution in [-0.4, -0.2) is 43.2 Å². The number of carbonyl (C=O) groups is 1. The van der Waals surface area contributed by atoms with Gasteiger partial charge in [0.15, 0.2) is 0 Å². The lowest BCUT2D eigenvalue weighted by molar-refractivity contribution is 0.0694. The molecule has 8 nitrogen and oxygen atoms in total. The number of halogens is 2. The summed E-state index contributed by atoms with van der Waals surface area (Å²) in [5, 5.41) is 9.70. The summed E-state index contributed by atoms with van der Waals surface area (Å²) < 4.78 is 43.3. The van der Waals surface area contributed by atoms with Crippen molar-refractivity contribution in [1.29, 1.82) is 0 Å². The summed E-state index contributed by atoms with van der Waals surface area (Å²) in [5.41, 5.74) is 8.44. The zero-order valence-electron chi connectivity index (χ0n) is 23.3. The molecule has 1 heterocycles. The van der Waals surface area contributed by atoms with Crippen molar-refractivity contribution < 1.29 is 28.2 Å². The number of carboxylic acid groups (broad SMARTS) is 1. The fraction of sp³-hybridized carbons (Fsp3) is 0.226. The number of anilines is 2. The average Bonchev–Trinajstić information content (AvgIpc) is 2.97. The Kier molecular flexibility index (Phi) is 9.04. The number of nitrogens with two attached hydrogens (primary N) is 1. The highest BCUT2D eigenvalue weighted by Gasteiger charge is 2.28. The van der Waals surface area contributed by atoms with Crippen LogP contribution in [0.3, 0.4) is 0 Å². The highest BCUT2D eigenvalue weighted by molar-refractivity contribution is 5.91. The van der Waals surface area contributed by atoms with E-state index >= 15 is 8.78 Å². The first kappa shape index (κ1) is 29.3. The van der Waals surface area contributed by atoms with Gasteiger partial charge in [0.25, 0.3) is 11.8 Å². The number of hydrogen-bond donors (Lipinski definition) is 2. The molecule has 3 N–H and O–H groups in total. The molecule has 0 atom stereocenters. The maximum atomic E-state index is 15.8. The summed E-state index contributed by atoms with van der Waals surface area (Å²) in [4.78, 5) is 19.1. The van der Waals surface area contributed by atoms with E-state index in [1.165, 1.54) is 17.0 Å². The highest BCUT2D eigenvalue weighted by atomic mass is 19.1. The quantitative estimate of drug-likeness (QED) is 0.209. The Morgan fingerprint density at radius 3 is 2.15 bits per heavy atom. The van der Waals surface area contributed by atoms with Crippen LogP contribution in [0.5, 0.6) is 23.3 Å². The topological polar surface area (TPSA) is 101 Å². The van der Waals surface area contributed by atoms with Gasteiger partial charge in [-0.15, -0.1) is 0 Å². The largest absolute Gasteiger partial charge is 0.478 e. The van der Waals surface area contributed by atoms with Gasteiger partial charge in [0.2, 0.25) is 11.6 Å². The van der Waals surface area contributed by atoms with E-state index in [0.717, 1.165) is 16.7 Å². The Labute approximate surface area is 237 Å². The van der Waals surface area contributed by atoms with Crippen molar-refractivity contribution in [2.75, 3.05) is 37.0 Å². The van der Waals surface area contributed by atoms with Crippen LogP contribution in [-0.2, 0) is 6.54 Å². The Balaban J connectivity index is 1.81. The molecule has 0 amide bonds. The van der Waals surface area contributed by atoms with Gasteiger partial charge in [-0.25, -0.2) is 4.79 Å². The minimum atomic E-state index is -1.27. The molecule has 0 unspecified atom stereocenters. The molecule has 0 bridgehead atoms. The van der Waals surface area contributed by atoms with Gasteiger partial charge in [-0.05, 0) is 60.9 Å². The molecule has 0 saturated carbocycles. The van der Waals surface area contributed by atoms with Gasteiger partial charge in [0.1, 0.15) is 22.7 Å². The Morgan fingerprint density at radius 1 is 0.902 bits per heavy atom. The smallest absolute Gasteiger partial charge is 0.339 e. The van der Waals surface area contributed by atoms with Gasteiger partial charge in [-0.3, -0.25) is 0 Å². The standard InChI is InChI=1S/C31H32F2N4O4/c1-5-37(6-2)28-26(32)29(40-23-12-8-11-21(16-23)20-10-7-9-19(15-20)18-34)35-30(27(28)33)41-25-17-22(36(3)4)13-14-24(25)31(38)39/h7-17H,5-6,18,34H2,1-4H3,(H,38,39). The number of aromatic carboxylic acids is 1. The molecule has 0 saturated heterocycles. The molecule has 1 aromatic heterocycles. The molecule has 0 aliphatic carbocycles. The van der Waals surface area contributed by atoms with Crippen LogP contribution in [0.15, 0.2) is 66.7 Å². The zero-order valence-corrected chi connectivity index (χ0v) is 23.3. The number of ether oxygens (including phenoxy) is 2. The molecular weight excluding hydrogens is 530 g/mol. The predicted octanol–water partition coefficient (Wildman–Crippen LogP) is 6.68. The molecule has 4 aromatic rings. The van der Waals surface area contributed by atoms with Gasteiger partial charge in [0.05, 0.1) is 0 Å². The van der Waals surface area contributed by atoms with Gasteiger partial charge in [0, 0.05) is 45.5 Å². The van der Waals surface area contributed by atoms with Crippen LogP contribution >= 0.6 is 0 Å². The first-order chi connectivity index (χ1) is 19.7. The molecule has 0 radical (unpaired) electrons. The van der Waals surface area contributed by atoms with Gasteiger partial charge < -0.3 is 30.1 Å². The van der Waals surface area contributed by atoms with E-state index < -0.39 is 29.4 Å². The molecule has 41 heavy (non-hydrogen) atoms. The van der Waals surface area contributed by atoms with Crippen LogP contribution in [0.25, 0.3) is 11.1 Å². The monoisotopic (exact) mass is 562 g/mol. The summed E-state index contributed by atoms with van der Waals surface area (Å²) in [6.45, 7) is 4.47. The fourth-order valence-corrected chi connectivity index (χ4v) is 4.33. The Hall–Kier alpha value is -4.70. The van der Waals surface area contributed by atoms with Crippen molar-refractivity contribution in [1.82, 2.24) is 4.98 Å². The van der Waals surface area contributed by atoms with E-state index in [1.54, 1.807) is 57.1 Å². The lowest BCUT2D eigenvalue weighted by Gasteiger charge is -2.24. The molecule has 10 heteroatoms. The third kappa shape index (κ3) is 6.38. The molecular formula is C31H32F2N4O4. The van der Waals surface area contributed by atoms with Crippen LogP contribution < -0.4 is 25.0 Å². The second-order valence-electron chi connectivity index (χ2n) is 9.39. The van der Waals surface area contributed by atoms with Crippen molar-refractivity contribution in [2.45, 2.75) is 20.4 Å². The number of rotatable bonds is 11. The van der Waals surface area contributed by atoms with E-state index in [-0.39, 0.29) is 35.8 Å². The molecule has 0 spiro atoms. The molecule has 0 fully saturated rings. The second kappa shape index (κ2) is 12.6. The van der Waals surface area contributed by atoms with Crippen molar-refractivity contribution in [3.63, 3.8) is 0 Å². The van der Waals surface area contributed by atoms with E-state index in [2.05, 4.69) is 4.98 Å². The first-order valence-electron chi connectivity index (χ1n) is 13.1. The average molecular weight is 563 g/mol. The van der Waals surface area contributed by atoms with Crippen LogP contribution in [0.2, 0.25) is 0 Å². The number of carboxylic acids is 1. The summed E-state index contributed by atoms with van der Waals surface area (Å²) in [5.74, 6) is -4.38. The van der Waals surface area contributed by atoms with Crippen molar-refractivity contribution in [3.05, 3.63) is 89.5 Å². The maximum Gasteiger partial charge on any atom is 0.339 e. The first-order valence-corrected chi connectivity index (χ1v) is 13.1. The van der Waals surface area contributed by atoms with E-state index in [1.807, 2.05) is 30.3 Å². The number of benzene rings is 3. The van der Waals surface area contributed by atoms with Crippen molar-refractivity contribution in [2.24, 2.45) is 5.73 Å². The Bertz CT molecular complexity index is 1560. The lowest BCUT2D eigenvalue weighted by atomic mass is 10.0. The predicted molar refractivity (Wildman–Crippen MR) is 155 cm³/mol. The van der Waals surface area contributed by atoms with E-state index in [4.69, 9.17) is 15.2 Å². The highest BCUT2D eigenvalue weighted by Crippen LogP contribution is 2.39. The fourth-order valence-electron chi connectivity index (χ4n) is 4.33. The SMILES string of the molecule is CCN(CC)c1c(F)c(Oc2cccc(-c3cccc(CN)c3)c2)nc(Oc2cc(N(C)C)ccc2C(=O)O)c1F. The minimum absolute atomic E-state index is 0.153. The third-order valence-corrected chi connectivity index (χ3v) is 6.54. The van der Waals surface area contributed by atoms with Gasteiger partial charge >= 0.3 is 5.97 Å². The maximum absolute atomic E-state index is 15.8. The molecule has 0 aliphatic heterocycles. The van der Waals surface area contributed by atoms with E-state index in [9.17, 15) is 9.90 Å². The minimum Gasteiger partial charge on any atom is -0.478 e. The normalized spacial score (nSPS) is 10.8. The molecule has 3 aromatic carbocycles. The number of nitrogens with zero attached hydrogens (tertiary/aromatic N) is 3. The number of aromatic nitrogens is 1. The van der Waals surface area contributed by atoms with Crippen LogP contribution in [0.1, 0.15) is 29.8 Å². The second-order valence-corrected chi connectivity index (χ2v) is 9.39. The van der Waals surface area contributed by atoms with Crippen molar-refractivity contribution in [3.8, 4) is 34.4 Å². The van der Waals surface area contributed by atoms with Crippen molar-refractivity contribution >= 4 is 17.3 Å². The number of hydrogen-bond acceptors (Lipinski definition) is 7. The van der Waals surface area contributed by atoms with Crippen LogP contribution in [0, 0.1) is 11.6 Å². The number of pyridine rings is 1. The molecule has 4 rings (SSSR count). The summed E-state index contributed by atoms with van der Waals surface area (Å²) in [7, 11) is 3.53. The summed E-state index contributed by atoms with van der Waals surface area (Å²) in [6, 6.07) is 19.0. The molecule has 214 valence electrons. The third-order valence-electron chi connectivity index (χ3n) is 6.54. The lowest BCUT2D eigenvalue weighted by Crippen LogP contribution is -2.25. The Morgan fingerprint density at radius 2 is 1.54 bits per heavy atom. The molecule has 0 aliphatic rings. The van der Waals surface area contributed by atoms with E-state index in [0.29, 0.717) is 12.2 Å².